The molecule has 0 radical (unpaired) electrons. The molecule has 18 heavy (non-hydrogen) atoms. The van der Waals surface area contributed by atoms with E-state index in [9.17, 15) is 9.59 Å². The molecule has 1 rings (SSSR count). The summed E-state index contributed by atoms with van der Waals surface area (Å²) >= 11 is 7.93. The molecule has 1 aromatic rings. The maximum absolute atomic E-state index is 12.3. The maximum atomic E-state index is 12.3. The molecule has 0 saturated carbocycles. The first-order chi connectivity index (χ1) is 8.36. The monoisotopic (exact) mass is 397 g/mol. The normalized spacial score (nSPS) is 12.2. The van der Waals surface area contributed by atoms with Gasteiger partial charge >= 0.3 is 5.97 Å². The number of halogens is 2. The van der Waals surface area contributed by atoms with Crippen LogP contribution >= 0.6 is 43.2 Å². The van der Waals surface area contributed by atoms with Crippen molar-refractivity contribution in [2.24, 2.45) is 0 Å². The highest BCUT2D eigenvalue weighted by molar-refractivity contribution is 9.13. The Hall–Kier alpha value is -0.400. The van der Waals surface area contributed by atoms with Crippen LogP contribution in [0.25, 0.3) is 0 Å². The zero-order valence-electron chi connectivity index (χ0n) is 9.94. The van der Waals surface area contributed by atoms with Gasteiger partial charge in [-0.05, 0) is 51.3 Å². The third-order valence-corrected chi connectivity index (χ3v) is 5.79. The summed E-state index contributed by atoms with van der Waals surface area (Å²) in [6.07, 6.45) is 0.715. The SMILES string of the molecule is CCC(C)N(CC(=O)O)C(=O)c1cc(Br)c(Br)s1. The molecule has 0 fully saturated rings. The first kappa shape index (κ1) is 15.7. The van der Waals surface area contributed by atoms with Crippen molar-refractivity contribution in [3.05, 3.63) is 19.2 Å². The Balaban J connectivity index is 2.98. The Labute approximate surface area is 126 Å². The van der Waals surface area contributed by atoms with Gasteiger partial charge in [0.15, 0.2) is 0 Å². The number of carboxylic acid groups (broad SMARTS) is 1. The second-order valence-electron chi connectivity index (χ2n) is 3.82. The number of hydrogen-bond donors (Lipinski definition) is 1. The van der Waals surface area contributed by atoms with E-state index >= 15 is 0 Å². The second kappa shape index (κ2) is 6.68. The van der Waals surface area contributed by atoms with E-state index in [0.717, 1.165) is 8.26 Å². The van der Waals surface area contributed by atoms with Gasteiger partial charge in [0.2, 0.25) is 0 Å². The number of amides is 1. The van der Waals surface area contributed by atoms with Crippen molar-refractivity contribution in [2.75, 3.05) is 6.54 Å². The van der Waals surface area contributed by atoms with E-state index in [4.69, 9.17) is 5.11 Å². The molecule has 4 nitrogen and oxygen atoms in total. The second-order valence-corrected chi connectivity index (χ2v) is 7.04. The van der Waals surface area contributed by atoms with E-state index in [0.29, 0.717) is 11.3 Å². The number of rotatable bonds is 5. The van der Waals surface area contributed by atoms with Crippen LogP contribution in [0.3, 0.4) is 0 Å². The van der Waals surface area contributed by atoms with Crippen LogP contribution in [-0.4, -0.2) is 34.5 Å². The summed E-state index contributed by atoms with van der Waals surface area (Å²) < 4.78 is 1.63. The highest BCUT2D eigenvalue weighted by Gasteiger charge is 2.24. The quantitative estimate of drug-likeness (QED) is 0.824. The zero-order chi connectivity index (χ0) is 13.9. The summed E-state index contributed by atoms with van der Waals surface area (Å²) in [5.74, 6) is -1.25. The van der Waals surface area contributed by atoms with Gasteiger partial charge in [-0.3, -0.25) is 9.59 Å². The molecule has 0 aliphatic heterocycles. The van der Waals surface area contributed by atoms with Crippen molar-refractivity contribution in [2.45, 2.75) is 26.3 Å². The minimum atomic E-state index is -1.00. The largest absolute Gasteiger partial charge is 0.480 e. The van der Waals surface area contributed by atoms with Gasteiger partial charge in [-0.25, -0.2) is 0 Å². The molecular formula is C11H13Br2NO3S. The number of carbonyl (C=O) groups is 2. The molecule has 0 bridgehead atoms. The summed E-state index contributed by atoms with van der Waals surface area (Å²) in [5.41, 5.74) is 0. The average molecular weight is 399 g/mol. The molecule has 7 heteroatoms. The van der Waals surface area contributed by atoms with Crippen LogP contribution in [0.4, 0.5) is 0 Å². The lowest BCUT2D eigenvalue weighted by atomic mass is 10.2. The van der Waals surface area contributed by atoms with Crippen LogP contribution in [0.15, 0.2) is 14.3 Å². The Bertz CT molecular complexity index is 442. The van der Waals surface area contributed by atoms with E-state index in [-0.39, 0.29) is 18.5 Å². The molecular weight excluding hydrogens is 386 g/mol. The number of aliphatic carboxylic acids is 1. The topological polar surface area (TPSA) is 57.6 Å². The fourth-order valence-corrected chi connectivity index (χ4v) is 3.38. The highest BCUT2D eigenvalue weighted by atomic mass is 79.9. The molecule has 1 heterocycles. The van der Waals surface area contributed by atoms with Gasteiger partial charge in [0.1, 0.15) is 6.54 Å². The molecule has 1 atom stereocenters. The van der Waals surface area contributed by atoms with E-state index in [1.807, 2.05) is 13.8 Å². The smallest absolute Gasteiger partial charge is 0.323 e. The Morgan fingerprint density at radius 3 is 2.50 bits per heavy atom. The fourth-order valence-electron chi connectivity index (χ4n) is 1.39. The third kappa shape index (κ3) is 3.80. The molecule has 1 aromatic heterocycles. The summed E-state index contributed by atoms with van der Waals surface area (Å²) in [6.45, 7) is 3.49. The minimum absolute atomic E-state index is 0.103. The molecule has 100 valence electrons. The molecule has 0 spiro atoms. The summed E-state index contributed by atoms with van der Waals surface area (Å²) in [5, 5.41) is 8.87. The molecule has 1 unspecified atom stereocenters. The van der Waals surface area contributed by atoms with Crippen molar-refractivity contribution in [1.82, 2.24) is 4.90 Å². The van der Waals surface area contributed by atoms with Crippen LogP contribution in [0.1, 0.15) is 29.9 Å². The Morgan fingerprint density at radius 1 is 1.50 bits per heavy atom. The van der Waals surface area contributed by atoms with Crippen molar-refractivity contribution in [3.63, 3.8) is 0 Å². The van der Waals surface area contributed by atoms with E-state index in [1.54, 1.807) is 6.07 Å². The van der Waals surface area contributed by atoms with Crippen molar-refractivity contribution in [1.29, 1.82) is 0 Å². The predicted molar refractivity (Wildman–Crippen MR) is 78.1 cm³/mol. The van der Waals surface area contributed by atoms with Crippen LogP contribution in [0, 0.1) is 0 Å². The van der Waals surface area contributed by atoms with Gasteiger partial charge < -0.3 is 10.0 Å². The predicted octanol–water partition coefficient (Wildman–Crippen LogP) is 3.60. The number of carbonyl (C=O) groups excluding carboxylic acids is 1. The summed E-state index contributed by atoms with van der Waals surface area (Å²) in [6, 6.07) is 1.60. The number of hydrogen-bond acceptors (Lipinski definition) is 3. The molecule has 0 saturated heterocycles. The van der Waals surface area contributed by atoms with Crippen molar-refractivity contribution >= 4 is 55.1 Å². The molecule has 0 aliphatic rings. The number of nitrogens with zero attached hydrogens (tertiary/aromatic N) is 1. The first-order valence-electron chi connectivity index (χ1n) is 5.34. The standard InChI is InChI=1S/C11H13Br2NO3S/c1-3-6(2)14(5-9(15)16)11(17)8-4-7(12)10(13)18-8/h4,6H,3,5H2,1-2H3,(H,15,16). The summed E-state index contributed by atoms with van der Waals surface area (Å²) in [4.78, 5) is 25.0. The molecule has 0 aromatic carbocycles. The highest BCUT2D eigenvalue weighted by Crippen LogP contribution is 2.33. The van der Waals surface area contributed by atoms with Crippen LogP contribution < -0.4 is 0 Å². The van der Waals surface area contributed by atoms with Gasteiger partial charge in [0, 0.05) is 10.5 Å². The Morgan fingerprint density at radius 2 is 2.11 bits per heavy atom. The molecule has 0 aliphatic carbocycles. The number of thiophene rings is 1. The van der Waals surface area contributed by atoms with Gasteiger partial charge in [-0.15, -0.1) is 11.3 Å². The maximum Gasteiger partial charge on any atom is 0.323 e. The van der Waals surface area contributed by atoms with Crippen molar-refractivity contribution in [3.8, 4) is 0 Å². The van der Waals surface area contributed by atoms with Crippen LogP contribution in [-0.2, 0) is 4.79 Å². The van der Waals surface area contributed by atoms with Crippen LogP contribution in [0.2, 0.25) is 0 Å². The third-order valence-electron chi connectivity index (χ3n) is 2.55. The van der Waals surface area contributed by atoms with Gasteiger partial charge in [0.05, 0.1) is 8.66 Å². The van der Waals surface area contributed by atoms with Gasteiger partial charge in [0.25, 0.3) is 5.91 Å². The molecule has 1 N–H and O–H groups in total. The van der Waals surface area contributed by atoms with Crippen LogP contribution in [0.5, 0.6) is 0 Å². The van der Waals surface area contributed by atoms with E-state index < -0.39 is 5.97 Å². The lowest BCUT2D eigenvalue weighted by Gasteiger charge is -2.26. The van der Waals surface area contributed by atoms with Gasteiger partial charge in [-0.2, -0.15) is 0 Å². The fraction of sp³-hybridized carbons (Fsp3) is 0.455. The lowest BCUT2D eigenvalue weighted by molar-refractivity contribution is -0.138. The zero-order valence-corrected chi connectivity index (χ0v) is 13.9. The summed E-state index contributed by atoms with van der Waals surface area (Å²) in [7, 11) is 0. The van der Waals surface area contributed by atoms with Crippen molar-refractivity contribution < 1.29 is 14.7 Å². The minimum Gasteiger partial charge on any atom is -0.480 e. The average Bonchev–Trinajstić information content (AvgIpc) is 2.64. The van der Waals surface area contributed by atoms with E-state index in [1.165, 1.54) is 16.2 Å². The number of carboxylic acids is 1. The molecule has 1 amide bonds. The van der Waals surface area contributed by atoms with Gasteiger partial charge in [-0.1, -0.05) is 6.92 Å². The Kier molecular flexibility index (Phi) is 5.81. The van der Waals surface area contributed by atoms with E-state index in [2.05, 4.69) is 31.9 Å². The first-order valence-corrected chi connectivity index (χ1v) is 7.74. The lowest BCUT2D eigenvalue weighted by Crippen LogP contribution is -2.41.